The van der Waals surface area contributed by atoms with Crippen molar-refractivity contribution in [1.82, 2.24) is 29.3 Å². The molecule has 0 bridgehead atoms. The number of aromatic nitrogens is 3. The van der Waals surface area contributed by atoms with Crippen LogP contribution in [0.4, 0.5) is 4.79 Å². The summed E-state index contributed by atoms with van der Waals surface area (Å²) in [5.74, 6) is -0.0838. The SMILES string of the molecule is COCCN(C)CCN1CC2(CCN(C(=O)c3cnn4cccnc34)CC2)OC1=O. The largest absolute Gasteiger partial charge is 0.441 e. The van der Waals surface area contributed by atoms with E-state index in [2.05, 4.69) is 15.0 Å². The molecule has 0 atom stereocenters. The van der Waals surface area contributed by atoms with Crippen molar-refractivity contribution in [2.75, 3.05) is 60.0 Å². The normalized spacial score (nSPS) is 18.6. The molecule has 4 rings (SSSR count). The van der Waals surface area contributed by atoms with Crippen LogP contribution in [0.25, 0.3) is 5.65 Å². The number of ether oxygens (including phenoxy) is 2. The first-order valence-electron chi connectivity index (χ1n) is 10.2. The number of amides is 2. The second-order valence-corrected chi connectivity index (χ2v) is 8.01. The number of hydrogen-bond donors (Lipinski definition) is 0. The molecule has 0 aromatic carbocycles. The lowest BCUT2D eigenvalue weighted by Crippen LogP contribution is -2.49. The van der Waals surface area contributed by atoms with Crippen LogP contribution >= 0.6 is 0 Å². The Morgan fingerprint density at radius 1 is 1.33 bits per heavy atom. The summed E-state index contributed by atoms with van der Waals surface area (Å²) >= 11 is 0. The molecule has 2 saturated heterocycles. The van der Waals surface area contributed by atoms with Crippen molar-refractivity contribution in [3.63, 3.8) is 0 Å². The zero-order valence-electron chi connectivity index (χ0n) is 17.5. The number of hydrogen-bond acceptors (Lipinski definition) is 7. The van der Waals surface area contributed by atoms with Crippen LogP contribution in [0.2, 0.25) is 0 Å². The standard InChI is InChI=1S/C20H28N6O4/c1-23(12-13-29-2)10-11-25-15-20(30-19(25)28)4-8-24(9-5-20)18(27)16-14-22-26-7-3-6-21-17(16)26/h3,6-7,14H,4-5,8-13,15H2,1-2H3. The number of likely N-dealkylation sites (N-methyl/N-ethyl adjacent to an activating group) is 1. The molecule has 0 radical (unpaired) electrons. The van der Waals surface area contributed by atoms with E-state index >= 15 is 0 Å². The van der Waals surface area contributed by atoms with E-state index in [-0.39, 0.29) is 12.0 Å². The average molecular weight is 416 g/mol. The van der Waals surface area contributed by atoms with Gasteiger partial charge in [-0.25, -0.2) is 14.3 Å². The Kier molecular flexibility index (Phi) is 5.87. The molecule has 2 aromatic rings. The first-order valence-corrected chi connectivity index (χ1v) is 10.2. The summed E-state index contributed by atoms with van der Waals surface area (Å²) in [5, 5.41) is 4.20. The zero-order valence-corrected chi connectivity index (χ0v) is 17.5. The lowest BCUT2D eigenvalue weighted by Gasteiger charge is -2.37. The average Bonchev–Trinajstić information content (AvgIpc) is 3.32. The Labute approximate surface area is 175 Å². The van der Waals surface area contributed by atoms with Gasteiger partial charge in [0.25, 0.3) is 5.91 Å². The molecule has 162 valence electrons. The Hall–Kier alpha value is -2.72. The maximum absolute atomic E-state index is 13.0. The van der Waals surface area contributed by atoms with Gasteiger partial charge >= 0.3 is 6.09 Å². The maximum Gasteiger partial charge on any atom is 0.410 e. The summed E-state index contributed by atoms with van der Waals surface area (Å²) in [5.41, 5.74) is 0.549. The lowest BCUT2D eigenvalue weighted by molar-refractivity contribution is 0.00318. The van der Waals surface area contributed by atoms with Crippen LogP contribution in [0, 0.1) is 0 Å². The summed E-state index contributed by atoms with van der Waals surface area (Å²) < 4.78 is 12.5. The predicted octanol–water partition coefficient (Wildman–Crippen LogP) is 0.735. The fraction of sp³-hybridized carbons (Fsp3) is 0.600. The van der Waals surface area contributed by atoms with E-state index in [4.69, 9.17) is 9.47 Å². The van der Waals surface area contributed by atoms with Crippen molar-refractivity contribution in [2.45, 2.75) is 18.4 Å². The molecule has 2 amide bonds. The zero-order chi connectivity index (χ0) is 21.1. The molecule has 1 spiro atoms. The predicted molar refractivity (Wildman–Crippen MR) is 108 cm³/mol. The molecule has 10 nitrogen and oxygen atoms in total. The van der Waals surface area contributed by atoms with Gasteiger partial charge in [-0.3, -0.25) is 4.79 Å². The Morgan fingerprint density at radius 2 is 2.13 bits per heavy atom. The fourth-order valence-electron chi connectivity index (χ4n) is 4.04. The van der Waals surface area contributed by atoms with Crippen molar-refractivity contribution in [2.24, 2.45) is 0 Å². The van der Waals surface area contributed by atoms with Gasteiger partial charge in [-0.05, 0) is 13.1 Å². The van der Waals surface area contributed by atoms with Crippen LogP contribution in [-0.4, -0.2) is 107 Å². The van der Waals surface area contributed by atoms with E-state index in [0.717, 1.165) is 13.1 Å². The quantitative estimate of drug-likeness (QED) is 0.657. The highest BCUT2D eigenvalue weighted by Gasteiger charge is 2.47. The molecule has 2 aliphatic heterocycles. The van der Waals surface area contributed by atoms with Gasteiger partial charge in [0.05, 0.1) is 19.3 Å². The fourth-order valence-corrected chi connectivity index (χ4v) is 4.04. The van der Waals surface area contributed by atoms with Crippen molar-refractivity contribution < 1.29 is 19.1 Å². The number of carbonyl (C=O) groups excluding carboxylic acids is 2. The van der Waals surface area contributed by atoms with E-state index < -0.39 is 5.60 Å². The van der Waals surface area contributed by atoms with Crippen LogP contribution in [0.1, 0.15) is 23.2 Å². The summed E-state index contributed by atoms with van der Waals surface area (Å²) in [4.78, 5) is 35.3. The number of piperidine rings is 1. The molecular weight excluding hydrogens is 388 g/mol. The van der Waals surface area contributed by atoms with Crippen molar-refractivity contribution in [3.05, 3.63) is 30.2 Å². The van der Waals surface area contributed by atoms with Gasteiger partial charge < -0.3 is 24.2 Å². The van der Waals surface area contributed by atoms with E-state index in [1.54, 1.807) is 46.1 Å². The first kappa shape index (κ1) is 20.5. The second-order valence-electron chi connectivity index (χ2n) is 8.01. The molecule has 2 aliphatic rings. The third-order valence-electron chi connectivity index (χ3n) is 5.94. The van der Waals surface area contributed by atoms with Crippen LogP contribution in [0.3, 0.4) is 0 Å². The van der Waals surface area contributed by atoms with Crippen LogP contribution in [0.15, 0.2) is 24.7 Å². The highest BCUT2D eigenvalue weighted by molar-refractivity contribution is 5.99. The number of fused-ring (bicyclic) bond motifs is 1. The first-order chi connectivity index (χ1) is 14.5. The van der Waals surface area contributed by atoms with Gasteiger partial charge in [-0.2, -0.15) is 5.10 Å². The molecule has 10 heteroatoms. The van der Waals surface area contributed by atoms with Crippen LogP contribution in [0.5, 0.6) is 0 Å². The van der Waals surface area contributed by atoms with Gasteiger partial charge in [0, 0.05) is 65.1 Å². The number of nitrogens with zero attached hydrogens (tertiary/aromatic N) is 6. The summed E-state index contributed by atoms with van der Waals surface area (Å²) in [6.07, 6.45) is 5.98. The third-order valence-corrected chi connectivity index (χ3v) is 5.94. The molecule has 4 heterocycles. The Bertz CT molecular complexity index is 908. The van der Waals surface area contributed by atoms with Gasteiger partial charge in [-0.1, -0.05) is 0 Å². The number of carbonyl (C=O) groups is 2. The maximum atomic E-state index is 13.0. The monoisotopic (exact) mass is 416 g/mol. The molecule has 2 aromatic heterocycles. The minimum absolute atomic E-state index is 0.0838. The van der Waals surface area contributed by atoms with E-state index in [0.29, 0.717) is 56.8 Å². The van der Waals surface area contributed by atoms with E-state index in [1.165, 1.54) is 0 Å². The Balaban J connectivity index is 1.32. The number of methoxy groups -OCH3 is 1. The van der Waals surface area contributed by atoms with Crippen molar-refractivity contribution in [3.8, 4) is 0 Å². The summed E-state index contributed by atoms with van der Waals surface area (Å²) in [6.45, 7) is 4.52. The van der Waals surface area contributed by atoms with Gasteiger partial charge in [0.2, 0.25) is 0 Å². The number of rotatable bonds is 7. The highest BCUT2D eigenvalue weighted by atomic mass is 16.6. The smallest absolute Gasteiger partial charge is 0.410 e. The minimum Gasteiger partial charge on any atom is -0.441 e. The molecule has 0 aliphatic carbocycles. The molecular formula is C20H28N6O4. The summed E-state index contributed by atoms with van der Waals surface area (Å²) in [6, 6.07) is 1.77. The van der Waals surface area contributed by atoms with Crippen molar-refractivity contribution in [1.29, 1.82) is 0 Å². The van der Waals surface area contributed by atoms with Gasteiger partial charge in [-0.15, -0.1) is 0 Å². The summed E-state index contributed by atoms with van der Waals surface area (Å²) in [7, 11) is 3.69. The third kappa shape index (κ3) is 4.10. The van der Waals surface area contributed by atoms with E-state index in [1.807, 2.05) is 7.05 Å². The van der Waals surface area contributed by atoms with Crippen LogP contribution in [-0.2, 0) is 9.47 Å². The molecule has 2 fully saturated rings. The lowest BCUT2D eigenvalue weighted by atomic mass is 9.91. The Morgan fingerprint density at radius 3 is 2.90 bits per heavy atom. The molecule has 0 saturated carbocycles. The molecule has 30 heavy (non-hydrogen) atoms. The minimum atomic E-state index is -0.502. The van der Waals surface area contributed by atoms with Gasteiger partial charge in [0.1, 0.15) is 11.2 Å². The van der Waals surface area contributed by atoms with Crippen LogP contribution < -0.4 is 0 Å². The van der Waals surface area contributed by atoms with Crippen molar-refractivity contribution >= 4 is 17.6 Å². The molecule has 0 unspecified atom stereocenters. The second kappa shape index (κ2) is 8.57. The topological polar surface area (TPSA) is 92.5 Å². The highest BCUT2D eigenvalue weighted by Crippen LogP contribution is 2.33. The molecule has 0 N–H and O–H groups in total. The van der Waals surface area contributed by atoms with Gasteiger partial charge in [0.15, 0.2) is 5.65 Å². The number of likely N-dealkylation sites (tertiary alicyclic amines) is 1. The van der Waals surface area contributed by atoms with E-state index in [9.17, 15) is 9.59 Å².